The summed E-state index contributed by atoms with van der Waals surface area (Å²) in [4.78, 5) is 32.8. The fourth-order valence-electron chi connectivity index (χ4n) is 5.83. The summed E-state index contributed by atoms with van der Waals surface area (Å²) in [5.74, 6) is -0.115. The summed E-state index contributed by atoms with van der Waals surface area (Å²) in [6.07, 6.45) is 3.45. The quantitative estimate of drug-likeness (QED) is 0.224. The minimum absolute atomic E-state index is 0.144. The van der Waals surface area contributed by atoms with E-state index in [2.05, 4.69) is 40.5 Å². The van der Waals surface area contributed by atoms with Crippen molar-refractivity contribution in [2.75, 3.05) is 31.1 Å². The lowest BCUT2D eigenvalue weighted by Crippen LogP contribution is -2.40. The number of amides is 2. The van der Waals surface area contributed by atoms with Crippen LogP contribution in [0.2, 0.25) is 5.02 Å². The van der Waals surface area contributed by atoms with Crippen LogP contribution in [0.5, 0.6) is 0 Å². The van der Waals surface area contributed by atoms with Gasteiger partial charge in [0.1, 0.15) is 5.82 Å². The van der Waals surface area contributed by atoms with Gasteiger partial charge in [-0.1, -0.05) is 71.9 Å². The Morgan fingerprint density at radius 1 is 0.930 bits per heavy atom. The Balaban J connectivity index is 1.13. The lowest BCUT2D eigenvalue weighted by Gasteiger charge is -2.32. The largest absolute Gasteiger partial charge is 0.351 e. The number of nitrogens with one attached hydrogen (secondary N) is 1. The Kier molecular flexibility index (Phi) is 9.12. The van der Waals surface area contributed by atoms with Gasteiger partial charge in [0, 0.05) is 33.5 Å². The summed E-state index contributed by atoms with van der Waals surface area (Å²) in [6.45, 7) is 3.56. The van der Waals surface area contributed by atoms with Crippen molar-refractivity contribution in [1.29, 1.82) is 0 Å². The van der Waals surface area contributed by atoms with Crippen molar-refractivity contribution >= 4 is 40.9 Å². The molecule has 1 N–H and O–H groups in total. The fraction of sp³-hybridized carbons (Fsp3) is 0.257. The van der Waals surface area contributed by atoms with Crippen molar-refractivity contribution < 1.29 is 14.0 Å². The molecule has 0 aromatic heterocycles. The lowest BCUT2D eigenvalue weighted by atomic mass is 9.90. The van der Waals surface area contributed by atoms with Gasteiger partial charge < -0.3 is 15.1 Å². The number of hydrogen-bond acceptors (Lipinski definition) is 4. The van der Waals surface area contributed by atoms with E-state index in [0.29, 0.717) is 34.8 Å². The molecule has 0 spiro atoms. The zero-order valence-electron chi connectivity index (χ0n) is 23.8. The number of likely N-dealkylation sites (tertiary alicyclic amines) is 1. The molecule has 1 saturated heterocycles. The number of carbonyl (C=O) groups is 2. The van der Waals surface area contributed by atoms with Gasteiger partial charge in [-0.05, 0) is 91.9 Å². The van der Waals surface area contributed by atoms with Crippen LogP contribution in [-0.4, -0.2) is 42.9 Å². The summed E-state index contributed by atoms with van der Waals surface area (Å²) in [7, 11) is 0. The van der Waals surface area contributed by atoms with Gasteiger partial charge in [-0.3, -0.25) is 9.59 Å². The number of hydrogen-bond donors (Lipinski definition) is 1. The highest BCUT2D eigenvalue weighted by molar-refractivity contribution is 7.99. The van der Waals surface area contributed by atoms with Crippen molar-refractivity contribution in [2.45, 2.75) is 35.6 Å². The third-order valence-corrected chi connectivity index (χ3v) is 9.72. The maximum Gasteiger partial charge on any atom is 0.259 e. The molecule has 4 aromatic carbocycles. The molecule has 2 heterocycles. The summed E-state index contributed by atoms with van der Waals surface area (Å²) >= 11 is 7.85. The van der Waals surface area contributed by atoms with Crippen LogP contribution in [0.4, 0.5) is 10.1 Å². The summed E-state index contributed by atoms with van der Waals surface area (Å²) in [5, 5.41) is 3.32. The molecule has 4 aromatic rings. The Morgan fingerprint density at radius 3 is 2.49 bits per heavy atom. The molecule has 0 atom stereocenters. The van der Waals surface area contributed by atoms with Crippen molar-refractivity contribution in [3.63, 3.8) is 0 Å². The molecule has 0 aliphatic carbocycles. The molecule has 220 valence electrons. The number of halogens is 2. The first kappa shape index (κ1) is 29.4. The van der Waals surface area contributed by atoms with Crippen LogP contribution in [0, 0.1) is 11.7 Å². The topological polar surface area (TPSA) is 52.7 Å². The maximum atomic E-state index is 13.8. The summed E-state index contributed by atoms with van der Waals surface area (Å²) < 4.78 is 13.7. The SMILES string of the molecule is O=C(NCCN1CCC(Cc2ccccc2)CC1)c1ccc2c(c1)N(Cc1ccc(F)cc1Cl)C(=O)c1ccccc1S2. The molecule has 0 bridgehead atoms. The maximum absolute atomic E-state index is 13.8. The van der Waals surface area contributed by atoms with E-state index >= 15 is 0 Å². The predicted molar refractivity (Wildman–Crippen MR) is 171 cm³/mol. The zero-order chi connectivity index (χ0) is 29.8. The highest BCUT2D eigenvalue weighted by Gasteiger charge is 2.29. The molecular formula is C35H33ClFN3O2S. The number of piperidine rings is 1. The van der Waals surface area contributed by atoms with E-state index in [1.165, 1.54) is 29.5 Å². The molecule has 6 rings (SSSR count). The van der Waals surface area contributed by atoms with Gasteiger partial charge in [0.05, 0.1) is 17.8 Å². The van der Waals surface area contributed by atoms with E-state index in [1.54, 1.807) is 29.2 Å². The average Bonchev–Trinajstić information content (AvgIpc) is 3.13. The first-order chi connectivity index (χ1) is 20.9. The normalized spacial score (nSPS) is 15.5. The van der Waals surface area contributed by atoms with E-state index in [-0.39, 0.29) is 23.4 Å². The predicted octanol–water partition coefficient (Wildman–Crippen LogP) is 7.48. The van der Waals surface area contributed by atoms with E-state index in [0.717, 1.165) is 48.7 Å². The molecule has 5 nitrogen and oxygen atoms in total. The molecule has 0 unspecified atom stereocenters. The Bertz CT molecular complexity index is 1620. The molecule has 2 aliphatic heterocycles. The fourth-order valence-corrected chi connectivity index (χ4v) is 7.12. The van der Waals surface area contributed by atoms with E-state index < -0.39 is 5.82 Å². The molecule has 0 saturated carbocycles. The van der Waals surface area contributed by atoms with Crippen LogP contribution in [0.25, 0.3) is 0 Å². The van der Waals surface area contributed by atoms with Crippen LogP contribution < -0.4 is 10.2 Å². The molecule has 0 radical (unpaired) electrons. The van der Waals surface area contributed by atoms with Gasteiger partial charge in [0.25, 0.3) is 11.8 Å². The third-order valence-electron chi connectivity index (χ3n) is 8.23. The first-order valence-corrected chi connectivity index (χ1v) is 15.9. The monoisotopic (exact) mass is 613 g/mol. The van der Waals surface area contributed by atoms with Crippen LogP contribution >= 0.6 is 23.4 Å². The second-order valence-electron chi connectivity index (χ2n) is 11.1. The number of nitrogens with zero attached hydrogens (tertiary/aromatic N) is 2. The minimum atomic E-state index is -0.437. The average molecular weight is 614 g/mol. The van der Waals surface area contributed by atoms with Crippen LogP contribution in [0.1, 0.15) is 44.7 Å². The second kappa shape index (κ2) is 13.3. The minimum Gasteiger partial charge on any atom is -0.351 e. The summed E-state index contributed by atoms with van der Waals surface area (Å²) in [6, 6.07) is 27.8. The number of benzene rings is 4. The van der Waals surface area contributed by atoms with Crippen LogP contribution in [0.15, 0.2) is 101 Å². The van der Waals surface area contributed by atoms with Crippen molar-refractivity contribution in [3.05, 3.63) is 124 Å². The van der Waals surface area contributed by atoms with Crippen molar-refractivity contribution in [3.8, 4) is 0 Å². The lowest BCUT2D eigenvalue weighted by molar-refractivity contribution is 0.0941. The van der Waals surface area contributed by atoms with Crippen LogP contribution in [-0.2, 0) is 13.0 Å². The number of fused-ring (bicyclic) bond motifs is 2. The Hall–Kier alpha value is -3.65. The molecule has 8 heteroatoms. The molecule has 1 fully saturated rings. The third kappa shape index (κ3) is 6.96. The number of carbonyl (C=O) groups excluding carboxylic acids is 2. The number of rotatable bonds is 8. The highest BCUT2D eigenvalue weighted by atomic mass is 35.5. The van der Waals surface area contributed by atoms with Gasteiger partial charge in [-0.25, -0.2) is 4.39 Å². The number of anilines is 1. The van der Waals surface area contributed by atoms with E-state index in [1.807, 2.05) is 24.3 Å². The Labute approximate surface area is 261 Å². The van der Waals surface area contributed by atoms with Gasteiger partial charge >= 0.3 is 0 Å². The molecule has 2 aliphatic rings. The molecule has 43 heavy (non-hydrogen) atoms. The van der Waals surface area contributed by atoms with Gasteiger partial charge in [0.2, 0.25) is 0 Å². The van der Waals surface area contributed by atoms with Crippen LogP contribution in [0.3, 0.4) is 0 Å². The molecular weight excluding hydrogens is 581 g/mol. The van der Waals surface area contributed by atoms with Crippen molar-refractivity contribution in [2.24, 2.45) is 5.92 Å². The van der Waals surface area contributed by atoms with Gasteiger partial charge in [-0.15, -0.1) is 0 Å². The molecule has 2 amide bonds. The van der Waals surface area contributed by atoms with E-state index in [4.69, 9.17) is 11.6 Å². The Morgan fingerprint density at radius 2 is 1.70 bits per heavy atom. The van der Waals surface area contributed by atoms with E-state index in [9.17, 15) is 14.0 Å². The standard InChI is InChI=1S/C35H33ClFN3O2S/c36-30-22-28(37)12-10-27(30)23-40-31-21-26(11-13-33(31)43-32-9-5-4-8-29(32)35(40)42)34(41)38-16-19-39-17-14-25(15-18-39)20-24-6-2-1-3-7-24/h1-13,21-22,25H,14-20,23H2,(H,38,41). The summed E-state index contributed by atoms with van der Waals surface area (Å²) in [5.41, 5.74) is 3.70. The first-order valence-electron chi connectivity index (χ1n) is 14.7. The second-order valence-corrected chi connectivity index (χ2v) is 12.6. The zero-order valence-corrected chi connectivity index (χ0v) is 25.3. The van der Waals surface area contributed by atoms with Gasteiger partial charge in [0.15, 0.2) is 0 Å². The van der Waals surface area contributed by atoms with Crippen molar-refractivity contribution in [1.82, 2.24) is 10.2 Å². The smallest absolute Gasteiger partial charge is 0.259 e. The highest BCUT2D eigenvalue weighted by Crippen LogP contribution is 2.42. The van der Waals surface area contributed by atoms with Gasteiger partial charge in [-0.2, -0.15) is 0 Å².